The molecule has 0 radical (unpaired) electrons. The number of rotatable bonds is 1. The molecule has 1 saturated carbocycles. The van der Waals surface area contributed by atoms with Crippen molar-refractivity contribution in [1.82, 2.24) is 4.90 Å². The predicted octanol–water partition coefficient (Wildman–Crippen LogP) is 3.45. The van der Waals surface area contributed by atoms with E-state index in [1.165, 1.54) is 25.3 Å². The van der Waals surface area contributed by atoms with Crippen LogP contribution in [0.15, 0.2) is 18.2 Å². The minimum absolute atomic E-state index is 0.0169. The van der Waals surface area contributed by atoms with E-state index < -0.39 is 0 Å². The van der Waals surface area contributed by atoms with Crippen LogP contribution in [0.25, 0.3) is 0 Å². The van der Waals surface area contributed by atoms with Crippen LogP contribution in [-0.4, -0.2) is 28.5 Å². The molecular weight excluding hydrogens is 262 g/mol. The number of phenols is 1. The molecule has 0 aromatic heterocycles. The third-order valence-corrected chi connectivity index (χ3v) is 4.70. The number of hydrogen-bond acceptors (Lipinski definition) is 2. The van der Waals surface area contributed by atoms with Crippen molar-refractivity contribution in [1.29, 1.82) is 0 Å². The minimum Gasteiger partial charge on any atom is -0.507 e. The maximum Gasteiger partial charge on any atom is 0.257 e. The Morgan fingerprint density at radius 1 is 1.26 bits per heavy atom. The third kappa shape index (κ3) is 2.32. The molecule has 0 bridgehead atoms. The van der Waals surface area contributed by atoms with Gasteiger partial charge in [0, 0.05) is 17.6 Å². The summed E-state index contributed by atoms with van der Waals surface area (Å²) in [4.78, 5) is 14.5. The summed E-state index contributed by atoms with van der Waals surface area (Å²) in [6, 6.07) is 5.08. The van der Waals surface area contributed by atoms with Crippen LogP contribution < -0.4 is 0 Å². The van der Waals surface area contributed by atoms with Crippen molar-refractivity contribution in [3.8, 4) is 5.75 Å². The average molecular weight is 280 g/mol. The Morgan fingerprint density at radius 2 is 2.05 bits per heavy atom. The van der Waals surface area contributed by atoms with Gasteiger partial charge in [-0.25, -0.2) is 0 Å². The fraction of sp³-hybridized carbons (Fsp3) is 0.533. The minimum atomic E-state index is -0.0523. The quantitative estimate of drug-likeness (QED) is 0.855. The van der Waals surface area contributed by atoms with Gasteiger partial charge < -0.3 is 10.0 Å². The Hall–Kier alpha value is -1.22. The summed E-state index contributed by atoms with van der Waals surface area (Å²) in [5.74, 6) is 0.590. The molecule has 3 nitrogen and oxygen atoms in total. The third-order valence-electron chi connectivity index (χ3n) is 4.46. The molecule has 1 aromatic rings. The van der Waals surface area contributed by atoms with Gasteiger partial charge in [0.05, 0.1) is 5.56 Å². The number of carbonyl (C=O) groups is 1. The largest absolute Gasteiger partial charge is 0.507 e. The second-order valence-electron chi connectivity index (χ2n) is 5.56. The van der Waals surface area contributed by atoms with Crippen LogP contribution in [0, 0.1) is 5.92 Å². The number of carbonyl (C=O) groups excluding carboxylic acids is 1. The molecule has 1 aromatic carbocycles. The summed E-state index contributed by atoms with van der Waals surface area (Å²) in [6.07, 6.45) is 5.93. The smallest absolute Gasteiger partial charge is 0.257 e. The Bertz CT molecular complexity index is 503. The SMILES string of the molecule is O=C(c1ccc(Cl)cc1O)N1CCC2CCCCC21. The van der Waals surface area contributed by atoms with E-state index in [0.717, 1.165) is 19.4 Å². The Morgan fingerprint density at radius 3 is 2.84 bits per heavy atom. The molecule has 1 heterocycles. The number of phenolic OH excluding ortho intramolecular Hbond substituents is 1. The number of hydrogen-bond donors (Lipinski definition) is 1. The first kappa shape index (κ1) is 12.8. The first-order chi connectivity index (χ1) is 9.16. The van der Waals surface area contributed by atoms with Crippen LogP contribution in [-0.2, 0) is 0 Å². The molecule has 1 amide bonds. The molecule has 2 unspecified atom stereocenters. The van der Waals surface area contributed by atoms with Gasteiger partial charge in [0.25, 0.3) is 5.91 Å². The lowest BCUT2D eigenvalue weighted by Gasteiger charge is -2.31. The Labute approximate surface area is 118 Å². The molecule has 4 heteroatoms. The molecule has 19 heavy (non-hydrogen) atoms. The van der Waals surface area contributed by atoms with Crippen molar-refractivity contribution in [2.24, 2.45) is 5.92 Å². The van der Waals surface area contributed by atoms with Crippen LogP contribution in [0.1, 0.15) is 42.5 Å². The number of fused-ring (bicyclic) bond motifs is 1. The molecule has 1 aliphatic carbocycles. The lowest BCUT2D eigenvalue weighted by atomic mass is 9.85. The molecule has 2 fully saturated rings. The highest BCUT2D eigenvalue weighted by molar-refractivity contribution is 6.30. The van der Waals surface area contributed by atoms with E-state index in [1.807, 2.05) is 4.90 Å². The van der Waals surface area contributed by atoms with Crippen molar-refractivity contribution in [2.75, 3.05) is 6.54 Å². The second-order valence-corrected chi connectivity index (χ2v) is 6.00. The first-order valence-corrected chi connectivity index (χ1v) is 7.34. The summed E-state index contributed by atoms with van der Waals surface area (Å²) in [7, 11) is 0. The van der Waals surface area contributed by atoms with Gasteiger partial charge in [-0.05, 0) is 43.4 Å². The summed E-state index contributed by atoms with van der Waals surface area (Å²) in [5.41, 5.74) is 0.371. The molecule has 1 aliphatic heterocycles. The summed E-state index contributed by atoms with van der Waals surface area (Å²) < 4.78 is 0. The molecule has 102 valence electrons. The highest BCUT2D eigenvalue weighted by Crippen LogP contribution is 2.37. The van der Waals surface area contributed by atoms with Gasteiger partial charge in [-0.15, -0.1) is 0 Å². The topological polar surface area (TPSA) is 40.5 Å². The van der Waals surface area contributed by atoms with Crippen molar-refractivity contribution >= 4 is 17.5 Å². The molecule has 2 atom stereocenters. The van der Waals surface area contributed by atoms with E-state index >= 15 is 0 Å². The van der Waals surface area contributed by atoms with Crippen LogP contribution in [0.5, 0.6) is 5.75 Å². The van der Waals surface area contributed by atoms with Crippen molar-refractivity contribution in [3.05, 3.63) is 28.8 Å². The number of amides is 1. The molecule has 3 rings (SSSR count). The number of nitrogens with zero attached hydrogens (tertiary/aromatic N) is 1. The highest BCUT2D eigenvalue weighted by atomic mass is 35.5. The lowest BCUT2D eigenvalue weighted by molar-refractivity contribution is 0.0687. The van der Waals surface area contributed by atoms with E-state index in [9.17, 15) is 9.90 Å². The van der Waals surface area contributed by atoms with Crippen LogP contribution in [0.4, 0.5) is 0 Å². The van der Waals surface area contributed by atoms with Gasteiger partial charge in [-0.2, -0.15) is 0 Å². The number of likely N-dealkylation sites (tertiary alicyclic amines) is 1. The number of halogens is 1. The molecule has 1 N–H and O–H groups in total. The average Bonchev–Trinajstić information content (AvgIpc) is 2.82. The zero-order chi connectivity index (χ0) is 13.4. The molecule has 1 saturated heterocycles. The van der Waals surface area contributed by atoms with Crippen molar-refractivity contribution < 1.29 is 9.90 Å². The Kier molecular flexibility index (Phi) is 3.40. The molecule has 2 aliphatic rings. The number of benzene rings is 1. The maximum atomic E-state index is 12.6. The van der Waals surface area contributed by atoms with Crippen LogP contribution in [0.3, 0.4) is 0 Å². The normalized spacial score (nSPS) is 26.3. The Balaban J connectivity index is 1.83. The zero-order valence-electron chi connectivity index (χ0n) is 10.8. The fourth-order valence-electron chi connectivity index (χ4n) is 3.50. The van der Waals surface area contributed by atoms with E-state index in [4.69, 9.17) is 11.6 Å². The van der Waals surface area contributed by atoms with Crippen LogP contribution >= 0.6 is 11.6 Å². The first-order valence-electron chi connectivity index (χ1n) is 6.96. The zero-order valence-corrected chi connectivity index (χ0v) is 11.6. The van der Waals surface area contributed by atoms with Gasteiger partial charge in [-0.1, -0.05) is 24.4 Å². The molecule has 0 spiro atoms. The van der Waals surface area contributed by atoms with Gasteiger partial charge >= 0.3 is 0 Å². The van der Waals surface area contributed by atoms with E-state index in [-0.39, 0.29) is 11.7 Å². The monoisotopic (exact) mass is 279 g/mol. The predicted molar refractivity (Wildman–Crippen MR) is 74.5 cm³/mol. The van der Waals surface area contributed by atoms with Crippen LogP contribution in [0.2, 0.25) is 5.02 Å². The van der Waals surface area contributed by atoms with E-state index in [2.05, 4.69) is 0 Å². The van der Waals surface area contributed by atoms with Gasteiger partial charge in [0.15, 0.2) is 0 Å². The van der Waals surface area contributed by atoms with E-state index in [1.54, 1.807) is 12.1 Å². The van der Waals surface area contributed by atoms with Crippen molar-refractivity contribution in [2.45, 2.75) is 38.1 Å². The van der Waals surface area contributed by atoms with Gasteiger partial charge in [-0.3, -0.25) is 4.79 Å². The standard InChI is InChI=1S/C15H18ClNO2/c16-11-5-6-12(14(18)9-11)15(19)17-8-7-10-3-1-2-4-13(10)17/h5-6,9-10,13,18H,1-4,7-8H2. The maximum absolute atomic E-state index is 12.6. The van der Waals surface area contributed by atoms with Gasteiger partial charge in [0.2, 0.25) is 0 Å². The lowest BCUT2D eigenvalue weighted by Crippen LogP contribution is -2.39. The van der Waals surface area contributed by atoms with Gasteiger partial charge in [0.1, 0.15) is 5.75 Å². The summed E-state index contributed by atoms with van der Waals surface area (Å²) in [6.45, 7) is 0.816. The highest BCUT2D eigenvalue weighted by Gasteiger charge is 2.38. The summed E-state index contributed by atoms with van der Waals surface area (Å²) in [5, 5.41) is 10.3. The summed E-state index contributed by atoms with van der Waals surface area (Å²) >= 11 is 5.81. The fourth-order valence-corrected chi connectivity index (χ4v) is 3.66. The number of aromatic hydroxyl groups is 1. The second kappa shape index (κ2) is 5.04. The molecular formula is C15H18ClNO2. The van der Waals surface area contributed by atoms with E-state index in [0.29, 0.717) is 22.5 Å². The van der Waals surface area contributed by atoms with Crippen molar-refractivity contribution in [3.63, 3.8) is 0 Å².